The van der Waals surface area contributed by atoms with Crippen molar-refractivity contribution in [3.63, 3.8) is 0 Å². The van der Waals surface area contributed by atoms with Gasteiger partial charge in [-0.3, -0.25) is 4.79 Å². The van der Waals surface area contributed by atoms with Crippen LogP contribution in [-0.2, 0) is 0 Å². The highest BCUT2D eigenvalue weighted by atomic mass is 19.1. The van der Waals surface area contributed by atoms with Gasteiger partial charge >= 0.3 is 0 Å². The standard InChI is InChI=1S/C15H11FN2O/c16-12-3-5-13(6-4-12)18-15(19)11-2-1-10-7-8-17-14(10)9-11/h1-9,17H,(H,18,19). The fourth-order valence-corrected chi connectivity index (χ4v) is 1.93. The first-order chi connectivity index (χ1) is 9.22. The molecule has 3 nitrogen and oxygen atoms in total. The van der Waals surface area contributed by atoms with Crippen LogP contribution in [-0.4, -0.2) is 10.9 Å². The number of rotatable bonds is 2. The molecule has 0 spiro atoms. The number of fused-ring (bicyclic) bond motifs is 1. The van der Waals surface area contributed by atoms with E-state index in [0.29, 0.717) is 11.3 Å². The van der Waals surface area contributed by atoms with Crippen molar-refractivity contribution < 1.29 is 9.18 Å². The third-order valence-electron chi connectivity index (χ3n) is 2.92. The molecule has 0 fully saturated rings. The minimum atomic E-state index is -0.328. The molecular formula is C15H11FN2O. The first-order valence-electron chi connectivity index (χ1n) is 5.86. The van der Waals surface area contributed by atoms with Crippen LogP contribution in [0.5, 0.6) is 0 Å². The van der Waals surface area contributed by atoms with Crippen LogP contribution in [0.2, 0.25) is 0 Å². The molecule has 2 aromatic carbocycles. The summed E-state index contributed by atoms with van der Waals surface area (Å²) in [5.74, 6) is -0.547. The van der Waals surface area contributed by atoms with Crippen LogP contribution in [0.15, 0.2) is 54.7 Å². The topological polar surface area (TPSA) is 44.9 Å². The Morgan fingerprint density at radius 1 is 1.05 bits per heavy atom. The van der Waals surface area contributed by atoms with Crippen molar-refractivity contribution in [1.29, 1.82) is 0 Å². The van der Waals surface area contributed by atoms with Gasteiger partial charge in [0.25, 0.3) is 5.91 Å². The van der Waals surface area contributed by atoms with Crippen LogP contribution in [0.4, 0.5) is 10.1 Å². The van der Waals surface area contributed by atoms with E-state index in [0.717, 1.165) is 10.9 Å². The van der Waals surface area contributed by atoms with Crippen molar-refractivity contribution in [3.05, 3.63) is 66.1 Å². The summed E-state index contributed by atoms with van der Waals surface area (Å²) in [6, 6.07) is 13.0. The lowest BCUT2D eigenvalue weighted by molar-refractivity contribution is 0.102. The van der Waals surface area contributed by atoms with Crippen LogP contribution in [0.3, 0.4) is 0 Å². The van der Waals surface area contributed by atoms with Crippen molar-refractivity contribution >= 4 is 22.5 Å². The van der Waals surface area contributed by atoms with Crippen molar-refractivity contribution in [3.8, 4) is 0 Å². The average molecular weight is 254 g/mol. The number of carbonyl (C=O) groups is 1. The number of halogens is 1. The summed E-state index contributed by atoms with van der Waals surface area (Å²) in [5.41, 5.74) is 2.03. The number of aromatic amines is 1. The zero-order chi connectivity index (χ0) is 13.2. The van der Waals surface area contributed by atoms with Gasteiger partial charge in [-0.2, -0.15) is 0 Å². The largest absolute Gasteiger partial charge is 0.361 e. The van der Waals surface area contributed by atoms with Gasteiger partial charge in [0.1, 0.15) is 5.82 Å². The Morgan fingerprint density at radius 3 is 2.63 bits per heavy atom. The van der Waals surface area contributed by atoms with Crippen LogP contribution in [0.25, 0.3) is 10.9 Å². The second-order valence-electron chi connectivity index (χ2n) is 4.24. The van der Waals surface area contributed by atoms with Gasteiger partial charge in [-0.05, 0) is 47.9 Å². The number of nitrogens with one attached hydrogen (secondary N) is 2. The molecule has 3 aromatic rings. The number of H-pyrrole nitrogens is 1. The molecule has 4 heteroatoms. The number of aromatic nitrogens is 1. The molecule has 1 amide bonds. The lowest BCUT2D eigenvalue weighted by Gasteiger charge is -2.05. The molecule has 2 N–H and O–H groups in total. The summed E-state index contributed by atoms with van der Waals surface area (Å²) in [4.78, 5) is 15.1. The van der Waals surface area contributed by atoms with Gasteiger partial charge in [-0.15, -0.1) is 0 Å². The van der Waals surface area contributed by atoms with Crippen molar-refractivity contribution in [2.24, 2.45) is 0 Å². The maximum absolute atomic E-state index is 12.8. The van der Waals surface area contributed by atoms with E-state index < -0.39 is 0 Å². The fraction of sp³-hybridized carbons (Fsp3) is 0. The Balaban J connectivity index is 1.84. The van der Waals surface area contributed by atoms with Crippen LogP contribution in [0, 0.1) is 5.82 Å². The van der Waals surface area contributed by atoms with Crippen LogP contribution in [0.1, 0.15) is 10.4 Å². The van der Waals surface area contributed by atoms with E-state index in [1.54, 1.807) is 12.1 Å². The van der Waals surface area contributed by atoms with Crippen molar-refractivity contribution in [1.82, 2.24) is 4.98 Å². The van der Waals surface area contributed by atoms with Crippen LogP contribution >= 0.6 is 0 Å². The third kappa shape index (κ3) is 2.33. The average Bonchev–Trinajstić information content (AvgIpc) is 2.88. The third-order valence-corrected chi connectivity index (χ3v) is 2.92. The zero-order valence-corrected chi connectivity index (χ0v) is 9.98. The SMILES string of the molecule is O=C(Nc1ccc(F)cc1)c1ccc2cc[nH]c2c1. The molecule has 94 valence electrons. The van der Waals surface area contributed by atoms with Gasteiger partial charge in [0.15, 0.2) is 0 Å². The second kappa shape index (κ2) is 4.57. The molecule has 0 radical (unpaired) electrons. The Labute approximate surface area is 109 Å². The molecule has 0 atom stereocenters. The molecule has 0 saturated heterocycles. The van der Waals surface area contributed by atoms with Crippen molar-refractivity contribution in [2.75, 3.05) is 5.32 Å². The number of benzene rings is 2. The smallest absolute Gasteiger partial charge is 0.255 e. The highest BCUT2D eigenvalue weighted by molar-refractivity contribution is 6.06. The van der Waals surface area contributed by atoms with E-state index in [-0.39, 0.29) is 11.7 Å². The fourth-order valence-electron chi connectivity index (χ4n) is 1.93. The number of hydrogen-bond acceptors (Lipinski definition) is 1. The van der Waals surface area contributed by atoms with Gasteiger partial charge < -0.3 is 10.3 Å². The normalized spacial score (nSPS) is 10.6. The highest BCUT2D eigenvalue weighted by Gasteiger charge is 2.07. The minimum Gasteiger partial charge on any atom is -0.361 e. The van der Waals surface area contributed by atoms with Crippen molar-refractivity contribution in [2.45, 2.75) is 0 Å². The monoisotopic (exact) mass is 254 g/mol. The number of carbonyl (C=O) groups excluding carboxylic acids is 1. The Bertz CT molecular complexity index is 731. The molecule has 1 heterocycles. The van der Waals surface area contributed by atoms with Gasteiger partial charge in [-0.1, -0.05) is 6.07 Å². The molecule has 0 aliphatic heterocycles. The predicted molar refractivity (Wildman–Crippen MR) is 72.7 cm³/mol. The summed E-state index contributed by atoms with van der Waals surface area (Å²) in [6.45, 7) is 0. The lowest BCUT2D eigenvalue weighted by Crippen LogP contribution is -2.11. The van der Waals surface area contributed by atoms with E-state index >= 15 is 0 Å². The van der Waals surface area contributed by atoms with Gasteiger partial charge in [0.2, 0.25) is 0 Å². The van der Waals surface area contributed by atoms with E-state index in [9.17, 15) is 9.18 Å². The lowest BCUT2D eigenvalue weighted by atomic mass is 10.1. The number of anilines is 1. The first-order valence-corrected chi connectivity index (χ1v) is 5.86. The molecule has 0 saturated carbocycles. The Hall–Kier alpha value is -2.62. The quantitative estimate of drug-likeness (QED) is 0.721. The zero-order valence-electron chi connectivity index (χ0n) is 9.98. The van der Waals surface area contributed by atoms with E-state index in [1.165, 1.54) is 24.3 Å². The Kier molecular flexibility index (Phi) is 2.76. The summed E-state index contributed by atoms with van der Waals surface area (Å²) >= 11 is 0. The minimum absolute atomic E-state index is 0.219. The summed E-state index contributed by atoms with van der Waals surface area (Å²) < 4.78 is 12.8. The molecule has 1 aromatic heterocycles. The molecular weight excluding hydrogens is 243 g/mol. The maximum Gasteiger partial charge on any atom is 0.255 e. The molecule has 19 heavy (non-hydrogen) atoms. The van der Waals surface area contributed by atoms with E-state index in [2.05, 4.69) is 10.3 Å². The van der Waals surface area contributed by atoms with Gasteiger partial charge in [-0.25, -0.2) is 4.39 Å². The summed E-state index contributed by atoms with van der Waals surface area (Å²) in [6.07, 6.45) is 1.83. The van der Waals surface area contributed by atoms with E-state index in [1.807, 2.05) is 18.3 Å². The number of hydrogen-bond donors (Lipinski definition) is 2. The van der Waals surface area contributed by atoms with E-state index in [4.69, 9.17) is 0 Å². The molecule has 0 unspecified atom stereocenters. The van der Waals surface area contributed by atoms with Gasteiger partial charge in [0.05, 0.1) is 0 Å². The van der Waals surface area contributed by atoms with Crippen LogP contribution < -0.4 is 5.32 Å². The molecule has 0 aliphatic carbocycles. The second-order valence-corrected chi connectivity index (χ2v) is 4.24. The molecule has 0 bridgehead atoms. The maximum atomic E-state index is 12.8. The number of amides is 1. The Morgan fingerprint density at radius 2 is 1.84 bits per heavy atom. The molecule has 3 rings (SSSR count). The summed E-state index contributed by atoms with van der Waals surface area (Å²) in [7, 11) is 0. The highest BCUT2D eigenvalue weighted by Crippen LogP contribution is 2.16. The predicted octanol–water partition coefficient (Wildman–Crippen LogP) is 3.56. The molecule has 0 aliphatic rings. The first kappa shape index (κ1) is 11.5. The summed E-state index contributed by atoms with van der Waals surface area (Å²) in [5, 5.41) is 3.78. The van der Waals surface area contributed by atoms with Gasteiger partial charge in [0, 0.05) is 23.0 Å².